The Labute approximate surface area is 126 Å². The van der Waals surface area contributed by atoms with E-state index in [1.54, 1.807) is 6.92 Å². The van der Waals surface area contributed by atoms with Crippen molar-refractivity contribution in [1.82, 2.24) is 4.90 Å². The molecule has 2 amide bonds. The Kier molecular flexibility index (Phi) is 3.21. The molecule has 0 saturated carbocycles. The van der Waals surface area contributed by atoms with Crippen LogP contribution in [-0.2, 0) is 0 Å². The summed E-state index contributed by atoms with van der Waals surface area (Å²) >= 11 is 0. The zero-order valence-corrected chi connectivity index (χ0v) is 11.7. The van der Waals surface area contributed by atoms with Gasteiger partial charge in [0.1, 0.15) is 0 Å². The van der Waals surface area contributed by atoms with E-state index in [9.17, 15) is 19.7 Å². The average Bonchev–Trinajstić information content (AvgIpc) is 2.78. The fourth-order valence-corrected chi connectivity index (χ4v) is 2.59. The molecule has 0 bridgehead atoms. The fourth-order valence-electron chi connectivity index (χ4n) is 2.59. The zero-order chi connectivity index (χ0) is 15.9. The van der Waals surface area contributed by atoms with Gasteiger partial charge in [-0.1, -0.05) is 30.3 Å². The fraction of sp³-hybridized carbons (Fsp3) is 0.125. The Morgan fingerprint density at radius 3 is 2.27 bits per heavy atom. The lowest BCUT2D eigenvalue weighted by Crippen LogP contribution is -2.32. The van der Waals surface area contributed by atoms with Crippen molar-refractivity contribution in [2.24, 2.45) is 0 Å². The van der Waals surface area contributed by atoms with Crippen molar-refractivity contribution >= 4 is 17.5 Å². The highest BCUT2D eigenvalue weighted by Crippen LogP contribution is 2.32. The van der Waals surface area contributed by atoms with Gasteiger partial charge in [-0.05, 0) is 18.6 Å². The monoisotopic (exact) mass is 296 g/mol. The van der Waals surface area contributed by atoms with Gasteiger partial charge >= 0.3 is 0 Å². The minimum atomic E-state index is -0.582. The highest BCUT2D eigenvalue weighted by molar-refractivity contribution is 6.21. The molecule has 2 aromatic rings. The van der Waals surface area contributed by atoms with E-state index >= 15 is 0 Å². The van der Waals surface area contributed by atoms with Gasteiger partial charge < -0.3 is 0 Å². The second-order valence-electron chi connectivity index (χ2n) is 5.05. The first-order valence-corrected chi connectivity index (χ1v) is 6.72. The van der Waals surface area contributed by atoms with Crippen molar-refractivity contribution in [1.29, 1.82) is 0 Å². The van der Waals surface area contributed by atoms with Gasteiger partial charge in [0.15, 0.2) is 0 Å². The summed E-state index contributed by atoms with van der Waals surface area (Å²) in [5, 5.41) is 10.8. The van der Waals surface area contributed by atoms with Gasteiger partial charge in [-0.25, -0.2) is 0 Å². The summed E-state index contributed by atoms with van der Waals surface area (Å²) in [6, 6.07) is 12.5. The predicted octanol–water partition coefficient (Wildman–Crippen LogP) is 2.95. The van der Waals surface area contributed by atoms with Crippen LogP contribution in [0.5, 0.6) is 0 Å². The van der Waals surface area contributed by atoms with Gasteiger partial charge in [-0.3, -0.25) is 24.6 Å². The number of hydrogen-bond acceptors (Lipinski definition) is 4. The van der Waals surface area contributed by atoms with Crippen LogP contribution in [0.2, 0.25) is 0 Å². The van der Waals surface area contributed by atoms with Crippen molar-refractivity contribution < 1.29 is 14.5 Å². The molecule has 6 nitrogen and oxygen atoms in total. The third kappa shape index (κ3) is 2.05. The minimum absolute atomic E-state index is 0.0852. The van der Waals surface area contributed by atoms with Crippen LogP contribution in [0.4, 0.5) is 5.69 Å². The van der Waals surface area contributed by atoms with E-state index in [1.807, 2.05) is 30.3 Å². The lowest BCUT2D eigenvalue weighted by atomic mass is 10.1. The Bertz CT molecular complexity index is 786. The van der Waals surface area contributed by atoms with E-state index in [1.165, 1.54) is 12.1 Å². The highest BCUT2D eigenvalue weighted by Gasteiger charge is 2.39. The number of amides is 2. The van der Waals surface area contributed by atoms with Gasteiger partial charge in [0.2, 0.25) is 0 Å². The minimum Gasteiger partial charge on any atom is -0.269 e. The maximum absolute atomic E-state index is 12.5. The second kappa shape index (κ2) is 5.07. The Hall–Kier alpha value is -3.02. The molecule has 1 atom stereocenters. The zero-order valence-electron chi connectivity index (χ0n) is 11.7. The van der Waals surface area contributed by atoms with Gasteiger partial charge in [-0.2, -0.15) is 0 Å². The molecule has 0 saturated heterocycles. The Morgan fingerprint density at radius 1 is 1.00 bits per heavy atom. The molecule has 110 valence electrons. The molecule has 1 unspecified atom stereocenters. The van der Waals surface area contributed by atoms with Crippen LogP contribution < -0.4 is 0 Å². The number of nitrogens with zero attached hydrogens (tertiary/aromatic N) is 2. The summed E-state index contributed by atoms with van der Waals surface area (Å²) in [7, 11) is 0. The van der Waals surface area contributed by atoms with E-state index in [4.69, 9.17) is 0 Å². The third-order valence-electron chi connectivity index (χ3n) is 3.78. The third-order valence-corrected chi connectivity index (χ3v) is 3.78. The smallest absolute Gasteiger partial charge is 0.269 e. The molecule has 22 heavy (non-hydrogen) atoms. The van der Waals surface area contributed by atoms with Gasteiger partial charge in [0, 0.05) is 12.1 Å². The molecule has 2 aromatic carbocycles. The van der Waals surface area contributed by atoms with Crippen LogP contribution in [0.15, 0.2) is 48.5 Å². The number of benzene rings is 2. The predicted molar refractivity (Wildman–Crippen MR) is 78.5 cm³/mol. The van der Waals surface area contributed by atoms with Gasteiger partial charge in [0.25, 0.3) is 17.5 Å². The van der Waals surface area contributed by atoms with E-state index < -0.39 is 22.8 Å². The standard InChI is InChI=1S/C16H12N2O4/c1-10(11-5-3-2-4-6-11)17-15(19)13-8-7-12(18(21)22)9-14(13)16(17)20/h2-10H,1H3. The van der Waals surface area contributed by atoms with Crippen LogP contribution in [0.3, 0.4) is 0 Å². The van der Waals surface area contributed by atoms with E-state index in [-0.39, 0.29) is 16.8 Å². The summed E-state index contributed by atoms with van der Waals surface area (Å²) in [5.41, 5.74) is 0.918. The van der Waals surface area contributed by atoms with E-state index in [2.05, 4.69) is 0 Å². The molecule has 1 heterocycles. The molecule has 0 spiro atoms. The molecular formula is C16H12N2O4. The number of carbonyl (C=O) groups is 2. The summed E-state index contributed by atoms with van der Waals surface area (Å²) in [4.78, 5) is 36.3. The molecule has 6 heteroatoms. The Morgan fingerprint density at radius 2 is 1.64 bits per heavy atom. The Balaban J connectivity index is 2.01. The maximum atomic E-state index is 12.5. The van der Waals surface area contributed by atoms with Crippen LogP contribution in [-0.4, -0.2) is 21.6 Å². The second-order valence-corrected chi connectivity index (χ2v) is 5.05. The largest absolute Gasteiger partial charge is 0.270 e. The first kappa shape index (κ1) is 13.9. The summed E-state index contributed by atoms with van der Waals surface area (Å²) in [5.74, 6) is -0.925. The molecular weight excluding hydrogens is 284 g/mol. The number of rotatable bonds is 3. The van der Waals surface area contributed by atoms with Crippen molar-refractivity contribution in [2.45, 2.75) is 13.0 Å². The lowest BCUT2D eigenvalue weighted by Gasteiger charge is -2.22. The van der Waals surface area contributed by atoms with Crippen molar-refractivity contribution in [3.05, 3.63) is 75.3 Å². The summed E-state index contributed by atoms with van der Waals surface area (Å²) in [6.07, 6.45) is 0. The summed E-state index contributed by atoms with van der Waals surface area (Å²) < 4.78 is 0. The molecule has 1 aliphatic heterocycles. The SMILES string of the molecule is CC(c1ccccc1)N1C(=O)c2ccc([N+](=O)[O-])cc2C1=O. The molecule has 1 aliphatic rings. The van der Waals surface area contributed by atoms with Crippen molar-refractivity contribution in [3.8, 4) is 0 Å². The average molecular weight is 296 g/mol. The number of imide groups is 1. The number of nitro benzene ring substituents is 1. The highest BCUT2D eigenvalue weighted by atomic mass is 16.6. The molecule has 3 rings (SSSR count). The molecule has 0 aliphatic carbocycles. The number of non-ortho nitro benzene ring substituents is 1. The van der Waals surface area contributed by atoms with Crippen molar-refractivity contribution in [3.63, 3.8) is 0 Å². The number of fused-ring (bicyclic) bond motifs is 1. The van der Waals surface area contributed by atoms with Crippen LogP contribution in [0.1, 0.15) is 39.2 Å². The van der Waals surface area contributed by atoms with Gasteiger partial charge in [-0.15, -0.1) is 0 Å². The summed E-state index contributed by atoms with van der Waals surface area (Å²) in [6.45, 7) is 1.76. The molecule has 0 aromatic heterocycles. The molecule has 0 N–H and O–H groups in total. The normalized spacial score (nSPS) is 14.9. The first-order valence-electron chi connectivity index (χ1n) is 6.72. The number of hydrogen-bond donors (Lipinski definition) is 0. The number of carbonyl (C=O) groups excluding carboxylic acids is 2. The van der Waals surface area contributed by atoms with Crippen LogP contribution in [0.25, 0.3) is 0 Å². The quantitative estimate of drug-likeness (QED) is 0.495. The maximum Gasteiger partial charge on any atom is 0.270 e. The number of nitro groups is 1. The van der Waals surface area contributed by atoms with Crippen LogP contribution in [0, 0.1) is 10.1 Å². The topological polar surface area (TPSA) is 80.5 Å². The van der Waals surface area contributed by atoms with Crippen molar-refractivity contribution in [2.75, 3.05) is 0 Å². The lowest BCUT2D eigenvalue weighted by molar-refractivity contribution is -0.384. The van der Waals surface area contributed by atoms with Gasteiger partial charge in [0.05, 0.1) is 22.1 Å². The first-order chi connectivity index (χ1) is 10.5. The molecule has 0 fully saturated rings. The molecule has 0 radical (unpaired) electrons. The van der Waals surface area contributed by atoms with E-state index in [0.717, 1.165) is 16.5 Å². The van der Waals surface area contributed by atoms with Crippen LogP contribution >= 0.6 is 0 Å². The van der Waals surface area contributed by atoms with E-state index in [0.29, 0.717) is 0 Å².